The molecular weight excluding hydrogens is 522 g/mol. The lowest BCUT2D eigenvalue weighted by molar-refractivity contribution is -0.136. The first-order chi connectivity index (χ1) is 13.9. The van der Waals surface area contributed by atoms with E-state index in [0.717, 1.165) is 25.8 Å². The number of hydrogen-bond donors (Lipinski definition) is 1. The Morgan fingerprint density at radius 1 is 0.931 bits per heavy atom. The van der Waals surface area contributed by atoms with E-state index in [1.807, 2.05) is 60.7 Å². The van der Waals surface area contributed by atoms with Crippen molar-refractivity contribution in [2.45, 2.75) is 6.42 Å². The highest BCUT2D eigenvalue weighted by Gasteiger charge is 2.08. The van der Waals surface area contributed by atoms with Crippen molar-refractivity contribution in [3.05, 3.63) is 103 Å². The molecule has 3 aromatic carbocycles. The van der Waals surface area contributed by atoms with E-state index in [-0.39, 0.29) is 6.42 Å². The molecule has 148 valence electrons. The molecule has 29 heavy (non-hydrogen) atoms. The van der Waals surface area contributed by atoms with Gasteiger partial charge in [0.1, 0.15) is 12.4 Å². The van der Waals surface area contributed by atoms with E-state index in [1.54, 1.807) is 12.1 Å². The number of carbonyl (C=O) groups is 1. The second-order valence-electron chi connectivity index (χ2n) is 6.28. The van der Waals surface area contributed by atoms with Crippen molar-refractivity contribution >= 4 is 57.3 Å². The van der Waals surface area contributed by atoms with Crippen molar-refractivity contribution < 1.29 is 14.6 Å². The minimum Gasteiger partial charge on any atom is -0.488 e. The van der Waals surface area contributed by atoms with Gasteiger partial charge in [-0.25, -0.2) is 0 Å². The van der Waals surface area contributed by atoms with E-state index in [1.165, 1.54) is 0 Å². The van der Waals surface area contributed by atoms with Gasteiger partial charge < -0.3 is 9.84 Å². The third-order valence-electron chi connectivity index (χ3n) is 4.19. The highest BCUT2D eigenvalue weighted by atomic mass is 127. The maximum Gasteiger partial charge on any atom is 0.307 e. The Morgan fingerprint density at radius 2 is 1.48 bits per heavy atom. The van der Waals surface area contributed by atoms with Gasteiger partial charge in [-0.2, -0.15) is 0 Å². The van der Waals surface area contributed by atoms with Gasteiger partial charge in [0.05, 0.1) is 9.99 Å². The summed E-state index contributed by atoms with van der Waals surface area (Å²) in [6.45, 7) is 0.356. The monoisotopic (exact) mass is 538 g/mol. The molecule has 0 fully saturated rings. The summed E-state index contributed by atoms with van der Waals surface area (Å²) >= 11 is 14.2. The average molecular weight is 539 g/mol. The molecule has 0 aliphatic carbocycles. The van der Waals surface area contributed by atoms with Crippen LogP contribution in [0.15, 0.2) is 72.8 Å². The van der Waals surface area contributed by atoms with Crippen molar-refractivity contribution in [3.8, 4) is 5.75 Å². The quantitative estimate of drug-likeness (QED) is 0.339. The number of carboxylic acid groups (broad SMARTS) is 1. The van der Waals surface area contributed by atoms with Gasteiger partial charge in [-0.3, -0.25) is 4.79 Å². The number of ether oxygens (including phenoxy) is 1. The van der Waals surface area contributed by atoms with Crippen molar-refractivity contribution in [1.82, 2.24) is 0 Å². The predicted molar refractivity (Wildman–Crippen MR) is 126 cm³/mol. The molecule has 0 aromatic heterocycles. The summed E-state index contributed by atoms with van der Waals surface area (Å²) in [7, 11) is 0. The fraction of sp³-hybridized carbons (Fsp3) is 0.0870. The van der Waals surface area contributed by atoms with Crippen LogP contribution in [0.2, 0.25) is 10.0 Å². The van der Waals surface area contributed by atoms with Gasteiger partial charge in [-0.15, -0.1) is 0 Å². The standard InChI is InChI=1S/C23H17Cl2IO3/c24-18-6-2-16(3-7-18)20(17-4-8-19(25)9-5-17)11-12-29-22-10-1-15(13-21(22)26)14-23(27)28/h1-11,13H,12,14H2,(H,27,28). The summed E-state index contributed by atoms with van der Waals surface area (Å²) < 4.78 is 6.80. The number of rotatable bonds is 7. The van der Waals surface area contributed by atoms with E-state index < -0.39 is 5.97 Å². The molecule has 0 saturated heterocycles. The molecule has 0 heterocycles. The lowest BCUT2D eigenvalue weighted by Gasteiger charge is -2.11. The highest BCUT2D eigenvalue weighted by molar-refractivity contribution is 14.1. The largest absolute Gasteiger partial charge is 0.488 e. The Balaban J connectivity index is 1.82. The van der Waals surface area contributed by atoms with Gasteiger partial charge in [0.15, 0.2) is 0 Å². The first-order valence-corrected chi connectivity index (χ1v) is 10.6. The van der Waals surface area contributed by atoms with E-state index >= 15 is 0 Å². The third kappa shape index (κ3) is 6.23. The Morgan fingerprint density at radius 3 is 1.97 bits per heavy atom. The maximum absolute atomic E-state index is 10.9. The van der Waals surface area contributed by atoms with Crippen molar-refractivity contribution in [2.24, 2.45) is 0 Å². The normalized spacial score (nSPS) is 10.4. The first kappa shape index (κ1) is 21.7. The van der Waals surface area contributed by atoms with Crippen LogP contribution in [0.25, 0.3) is 5.57 Å². The Bertz CT molecular complexity index is 981. The molecule has 0 unspecified atom stereocenters. The average Bonchev–Trinajstić information content (AvgIpc) is 2.68. The summed E-state index contributed by atoms with van der Waals surface area (Å²) in [5, 5.41) is 10.3. The number of hydrogen-bond acceptors (Lipinski definition) is 2. The molecule has 0 spiro atoms. The van der Waals surface area contributed by atoms with Gasteiger partial charge in [-0.1, -0.05) is 53.5 Å². The van der Waals surface area contributed by atoms with Gasteiger partial charge in [0.2, 0.25) is 0 Å². The van der Waals surface area contributed by atoms with Crippen LogP contribution >= 0.6 is 45.8 Å². The second kappa shape index (κ2) is 10.1. The highest BCUT2D eigenvalue weighted by Crippen LogP contribution is 2.27. The molecule has 1 N–H and O–H groups in total. The van der Waals surface area contributed by atoms with Crippen LogP contribution in [0, 0.1) is 3.57 Å². The van der Waals surface area contributed by atoms with Crippen LogP contribution in [0.5, 0.6) is 5.75 Å². The topological polar surface area (TPSA) is 46.5 Å². The molecule has 3 aromatic rings. The Hall–Kier alpha value is -2.02. The van der Waals surface area contributed by atoms with Crippen LogP contribution in [0.4, 0.5) is 0 Å². The summed E-state index contributed by atoms with van der Waals surface area (Å²) in [6.07, 6.45) is 2.00. The Kier molecular flexibility index (Phi) is 7.58. The first-order valence-electron chi connectivity index (χ1n) is 8.77. The molecule has 6 heteroatoms. The molecule has 0 saturated carbocycles. The molecule has 0 atom stereocenters. The van der Waals surface area contributed by atoms with Crippen LogP contribution in [0.1, 0.15) is 16.7 Å². The zero-order valence-electron chi connectivity index (χ0n) is 15.2. The van der Waals surface area contributed by atoms with Crippen LogP contribution in [-0.4, -0.2) is 17.7 Å². The van der Waals surface area contributed by atoms with E-state index in [9.17, 15) is 4.79 Å². The smallest absolute Gasteiger partial charge is 0.307 e. The molecule has 3 rings (SSSR count). The second-order valence-corrected chi connectivity index (χ2v) is 8.31. The summed E-state index contributed by atoms with van der Waals surface area (Å²) in [5.41, 5.74) is 3.79. The summed E-state index contributed by atoms with van der Waals surface area (Å²) in [4.78, 5) is 10.9. The fourth-order valence-corrected chi connectivity index (χ4v) is 3.81. The number of carboxylic acids is 1. The fourth-order valence-electron chi connectivity index (χ4n) is 2.82. The number of halogens is 3. The molecule has 0 bridgehead atoms. The zero-order chi connectivity index (χ0) is 20.8. The van der Waals surface area contributed by atoms with Crippen LogP contribution in [0.3, 0.4) is 0 Å². The zero-order valence-corrected chi connectivity index (χ0v) is 18.9. The third-order valence-corrected chi connectivity index (χ3v) is 5.54. The molecule has 0 aliphatic heterocycles. The van der Waals surface area contributed by atoms with Gasteiger partial charge >= 0.3 is 5.97 Å². The summed E-state index contributed by atoms with van der Waals surface area (Å²) in [5.74, 6) is -0.143. The SMILES string of the molecule is O=C(O)Cc1ccc(OCC=C(c2ccc(Cl)cc2)c2ccc(Cl)cc2)c(I)c1. The van der Waals surface area contributed by atoms with E-state index in [0.29, 0.717) is 22.4 Å². The molecule has 0 radical (unpaired) electrons. The Labute approximate surface area is 193 Å². The molecule has 0 amide bonds. The minimum atomic E-state index is -0.854. The van der Waals surface area contributed by atoms with Crippen LogP contribution < -0.4 is 4.74 Å². The van der Waals surface area contributed by atoms with Crippen LogP contribution in [-0.2, 0) is 11.2 Å². The lowest BCUT2D eigenvalue weighted by atomic mass is 9.98. The number of benzene rings is 3. The minimum absolute atomic E-state index is 0.00648. The lowest BCUT2D eigenvalue weighted by Crippen LogP contribution is -2.02. The molecule has 3 nitrogen and oxygen atoms in total. The molecular formula is C23H17Cl2IO3. The maximum atomic E-state index is 10.9. The van der Waals surface area contributed by atoms with Crippen molar-refractivity contribution in [2.75, 3.05) is 6.61 Å². The van der Waals surface area contributed by atoms with E-state index in [4.69, 9.17) is 33.0 Å². The predicted octanol–water partition coefficient (Wildman–Crippen LogP) is 6.74. The van der Waals surface area contributed by atoms with Crippen molar-refractivity contribution in [3.63, 3.8) is 0 Å². The van der Waals surface area contributed by atoms with E-state index in [2.05, 4.69) is 22.6 Å². The van der Waals surface area contributed by atoms with Gasteiger partial charge in [0.25, 0.3) is 0 Å². The number of aliphatic carboxylic acids is 1. The summed E-state index contributed by atoms with van der Waals surface area (Å²) in [6, 6.07) is 20.7. The van der Waals surface area contributed by atoms with Gasteiger partial charge in [0, 0.05) is 10.0 Å². The van der Waals surface area contributed by atoms with Crippen molar-refractivity contribution in [1.29, 1.82) is 0 Å². The van der Waals surface area contributed by atoms with Gasteiger partial charge in [-0.05, 0) is 87.3 Å². The molecule has 0 aliphatic rings.